The largest absolute Gasteiger partial charge is 0.455 e. The minimum absolute atomic E-state index is 0.315. The Labute approximate surface area is 277 Å². The first kappa shape index (κ1) is 34.8. The molecule has 4 saturated carbocycles. The number of ether oxygens (including phenoxy) is 7. The first-order chi connectivity index (χ1) is 21.8. The second kappa shape index (κ2) is 13.4. The summed E-state index contributed by atoms with van der Waals surface area (Å²) in [5.74, 6) is -0.315. The van der Waals surface area contributed by atoms with Crippen molar-refractivity contribution in [3.8, 4) is 0 Å². The quantitative estimate of drug-likeness (QED) is 0.0787. The summed E-state index contributed by atoms with van der Waals surface area (Å²) in [5.41, 5.74) is -0.555. The van der Waals surface area contributed by atoms with Gasteiger partial charge in [0.05, 0.1) is 56.4 Å². The monoisotopic (exact) mass is 646 g/mol. The van der Waals surface area contributed by atoms with E-state index in [1.807, 2.05) is 0 Å². The summed E-state index contributed by atoms with van der Waals surface area (Å²) in [7, 11) is 0. The van der Waals surface area contributed by atoms with Crippen LogP contribution in [0.3, 0.4) is 0 Å². The van der Waals surface area contributed by atoms with Crippen molar-refractivity contribution in [2.24, 2.45) is 16.2 Å². The third-order valence-corrected chi connectivity index (χ3v) is 12.0. The summed E-state index contributed by atoms with van der Waals surface area (Å²) in [4.78, 5) is 13.1. The SMILES string of the molecule is C=C(C)C(=O)OC12CC3(OCCCCC4(C)COC4)CC(OCCCCC4(C)COC4)(CC(OCCCCC4(C)COC4)(C3)C1)C2. The van der Waals surface area contributed by atoms with Gasteiger partial charge in [0.2, 0.25) is 0 Å². The first-order valence-corrected chi connectivity index (χ1v) is 18.4. The van der Waals surface area contributed by atoms with Crippen molar-refractivity contribution in [3.63, 3.8) is 0 Å². The standard InChI is InChI=1S/C38H62O8/c1-30(2)31(39)46-38-21-35(43-15-9-6-12-32(3)24-40-25-32)18-36(22-38,44-16-10-7-13-33(4)26-41-27-33)20-37(19-35,23-38)45-17-11-8-14-34(5)28-42-29-34/h1,6-29H2,2-5H3. The topological polar surface area (TPSA) is 81.7 Å². The number of carbonyl (C=O) groups is 1. The Balaban J connectivity index is 1.15. The average molecular weight is 647 g/mol. The fourth-order valence-electron chi connectivity index (χ4n) is 9.74. The Bertz CT molecular complexity index is 968. The highest BCUT2D eigenvalue weighted by Crippen LogP contribution is 2.65. The molecule has 0 aromatic rings. The van der Waals surface area contributed by atoms with Crippen molar-refractivity contribution < 1.29 is 38.0 Å². The molecule has 7 aliphatic rings. The summed E-state index contributed by atoms with van der Waals surface area (Å²) in [6.45, 7) is 19.9. The van der Waals surface area contributed by atoms with Crippen LogP contribution in [0.2, 0.25) is 0 Å². The van der Waals surface area contributed by atoms with Gasteiger partial charge in [-0.1, -0.05) is 46.6 Å². The molecule has 7 rings (SSSR count). The van der Waals surface area contributed by atoms with Crippen molar-refractivity contribution in [2.45, 2.75) is 146 Å². The van der Waals surface area contributed by atoms with Crippen LogP contribution in [0.1, 0.15) is 124 Å². The third kappa shape index (κ3) is 7.89. The highest BCUT2D eigenvalue weighted by atomic mass is 16.6. The molecule has 3 aliphatic heterocycles. The molecule has 0 radical (unpaired) electrons. The van der Waals surface area contributed by atoms with Gasteiger partial charge in [-0.3, -0.25) is 0 Å². The highest BCUT2D eigenvalue weighted by Gasteiger charge is 2.72. The maximum absolute atomic E-state index is 13.1. The highest BCUT2D eigenvalue weighted by molar-refractivity contribution is 5.87. The minimum atomic E-state index is -0.672. The van der Waals surface area contributed by atoms with Crippen molar-refractivity contribution in [2.75, 3.05) is 59.5 Å². The number of rotatable bonds is 20. The zero-order valence-electron chi connectivity index (χ0n) is 29.4. The Morgan fingerprint density at radius 1 is 0.543 bits per heavy atom. The fraction of sp³-hybridized carbons (Fsp3) is 0.921. The van der Waals surface area contributed by atoms with Crippen molar-refractivity contribution in [1.29, 1.82) is 0 Å². The Hall–Kier alpha value is -1.03. The summed E-state index contributed by atoms with van der Waals surface area (Å²) in [5, 5.41) is 0. The lowest BCUT2D eigenvalue weighted by atomic mass is 9.48. The van der Waals surface area contributed by atoms with Gasteiger partial charge in [0.25, 0.3) is 0 Å². The van der Waals surface area contributed by atoms with Crippen LogP contribution in [0, 0.1) is 16.2 Å². The molecule has 0 spiro atoms. The van der Waals surface area contributed by atoms with Gasteiger partial charge in [-0.05, 0) is 45.4 Å². The van der Waals surface area contributed by atoms with E-state index in [1.165, 1.54) is 19.3 Å². The average Bonchev–Trinajstić information content (AvgIpc) is 2.92. The molecule has 8 nitrogen and oxygen atoms in total. The van der Waals surface area contributed by atoms with Gasteiger partial charge in [-0.25, -0.2) is 4.79 Å². The van der Waals surface area contributed by atoms with Gasteiger partial charge in [-0.15, -0.1) is 0 Å². The molecule has 3 heterocycles. The second-order valence-corrected chi connectivity index (χ2v) is 17.8. The fourth-order valence-corrected chi connectivity index (χ4v) is 9.74. The zero-order chi connectivity index (χ0) is 32.6. The van der Waals surface area contributed by atoms with Gasteiger partial charge < -0.3 is 33.2 Å². The van der Waals surface area contributed by atoms with E-state index >= 15 is 0 Å². The van der Waals surface area contributed by atoms with Crippen LogP contribution in [0.25, 0.3) is 0 Å². The van der Waals surface area contributed by atoms with Gasteiger partial charge in [0.1, 0.15) is 5.60 Å². The number of carbonyl (C=O) groups excluding carboxylic acids is 1. The number of esters is 1. The van der Waals surface area contributed by atoms with Gasteiger partial charge >= 0.3 is 5.97 Å². The second-order valence-electron chi connectivity index (χ2n) is 17.8. The molecule has 0 aromatic carbocycles. The maximum atomic E-state index is 13.1. The molecule has 4 bridgehead atoms. The van der Waals surface area contributed by atoms with Gasteiger partial charge in [0.15, 0.2) is 0 Å². The van der Waals surface area contributed by atoms with Crippen LogP contribution in [-0.2, 0) is 38.0 Å². The summed E-state index contributed by atoms with van der Waals surface area (Å²) in [6.07, 6.45) is 14.6. The number of hydrogen-bond donors (Lipinski definition) is 0. The van der Waals surface area contributed by atoms with E-state index in [9.17, 15) is 4.79 Å². The Morgan fingerprint density at radius 2 is 0.848 bits per heavy atom. The van der Waals surface area contributed by atoms with E-state index in [4.69, 9.17) is 33.2 Å². The van der Waals surface area contributed by atoms with Gasteiger partial charge in [0, 0.05) is 80.2 Å². The molecular weight excluding hydrogens is 584 g/mol. The molecule has 46 heavy (non-hydrogen) atoms. The molecule has 7 fully saturated rings. The minimum Gasteiger partial charge on any atom is -0.455 e. The van der Waals surface area contributed by atoms with E-state index < -0.39 is 22.4 Å². The zero-order valence-corrected chi connectivity index (χ0v) is 29.4. The van der Waals surface area contributed by atoms with Crippen LogP contribution in [-0.4, -0.2) is 87.8 Å². The van der Waals surface area contributed by atoms with Crippen LogP contribution in [0.5, 0.6) is 0 Å². The summed E-state index contributed by atoms with van der Waals surface area (Å²) in [6, 6.07) is 0. The first-order valence-electron chi connectivity index (χ1n) is 18.4. The van der Waals surface area contributed by atoms with E-state index in [-0.39, 0.29) is 5.97 Å². The van der Waals surface area contributed by atoms with Crippen molar-refractivity contribution in [1.82, 2.24) is 0 Å². The number of unbranched alkanes of at least 4 members (excludes halogenated alkanes) is 3. The van der Waals surface area contributed by atoms with Crippen LogP contribution in [0.4, 0.5) is 0 Å². The lowest BCUT2D eigenvalue weighted by molar-refractivity contribution is -0.327. The van der Waals surface area contributed by atoms with Crippen LogP contribution < -0.4 is 0 Å². The molecule has 4 aliphatic carbocycles. The van der Waals surface area contributed by atoms with Crippen molar-refractivity contribution in [3.05, 3.63) is 12.2 Å². The predicted molar refractivity (Wildman–Crippen MR) is 176 cm³/mol. The molecule has 8 heteroatoms. The third-order valence-electron chi connectivity index (χ3n) is 12.0. The van der Waals surface area contributed by atoms with E-state index in [0.29, 0.717) is 60.9 Å². The normalized spacial score (nSPS) is 36.0. The van der Waals surface area contributed by atoms with Gasteiger partial charge in [-0.2, -0.15) is 0 Å². The number of hydrogen-bond acceptors (Lipinski definition) is 8. The molecular formula is C38H62O8. The van der Waals surface area contributed by atoms with Crippen molar-refractivity contribution >= 4 is 5.97 Å². The molecule has 0 atom stereocenters. The summed E-state index contributed by atoms with van der Waals surface area (Å²) >= 11 is 0. The molecule has 0 amide bonds. The van der Waals surface area contributed by atoms with Crippen LogP contribution in [0.15, 0.2) is 12.2 Å². The molecule has 0 unspecified atom stereocenters. The lowest BCUT2D eigenvalue weighted by Crippen LogP contribution is -2.74. The van der Waals surface area contributed by atoms with E-state index in [1.54, 1.807) is 6.92 Å². The molecule has 262 valence electrons. The molecule has 3 saturated heterocycles. The maximum Gasteiger partial charge on any atom is 0.333 e. The van der Waals surface area contributed by atoms with E-state index in [2.05, 4.69) is 27.4 Å². The predicted octanol–water partition coefficient (Wildman–Crippen LogP) is 7.11. The molecule has 0 N–H and O–H groups in total. The smallest absolute Gasteiger partial charge is 0.333 e. The molecule has 0 aromatic heterocycles. The van der Waals surface area contributed by atoms with Crippen LogP contribution >= 0.6 is 0 Å². The lowest BCUT2D eigenvalue weighted by Gasteiger charge is -2.68. The Morgan fingerprint density at radius 3 is 1.11 bits per heavy atom. The summed E-state index contributed by atoms with van der Waals surface area (Å²) < 4.78 is 43.8. The Kier molecular flexibility index (Phi) is 10.1. The van der Waals surface area contributed by atoms with E-state index in [0.717, 1.165) is 97.4 Å².